The van der Waals surface area contributed by atoms with E-state index in [-0.39, 0.29) is 16.6 Å². The van der Waals surface area contributed by atoms with Crippen molar-refractivity contribution in [1.29, 1.82) is 0 Å². The molecule has 0 unspecified atom stereocenters. The van der Waals surface area contributed by atoms with Crippen LogP contribution in [0.1, 0.15) is 19.5 Å². The monoisotopic (exact) mass is 709 g/mol. The smallest absolute Gasteiger partial charge is 0.351 e. The lowest BCUT2D eigenvalue weighted by molar-refractivity contribution is -0.731. The number of oxime groups is 1. The first-order chi connectivity index (χ1) is 22.4. The molecule has 20 nitrogen and oxygen atoms in total. The van der Waals surface area contributed by atoms with Crippen molar-refractivity contribution >= 4 is 67.2 Å². The number of anilines is 1. The quantitative estimate of drug-likeness (QED) is 0.0285. The number of nitrogens with two attached hydrogens (primary N) is 2. The maximum atomic E-state index is 13.2. The number of benzene rings is 1. The van der Waals surface area contributed by atoms with Crippen LogP contribution in [0.25, 0.3) is 10.9 Å². The Hall–Kier alpha value is -4.90. The molecular weight excluding hydrogens is 678 g/mol. The number of nitrogens with zero attached hydrogens (tertiary/aromatic N) is 5. The van der Waals surface area contributed by atoms with Gasteiger partial charge in [-0.05, 0) is 26.0 Å². The SMILES string of the molecule is C[n+]1c2ccc(OC[C@H](O/N=C(\C(=O)N[C@@H]3C(=O)N(OS(=O)(=O)[O-])C3(C)C)c3csc(N)n3)C(=O)O)cc2cn1CC1(C(N)=O)CNC1. The van der Waals surface area contributed by atoms with E-state index in [2.05, 4.69) is 25.1 Å². The van der Waals surface area contributed by atoms with E-state index >= 15 is 0 Å². The summed E-state index contributed by atoms with van der Waals surface area (Å²) in [7, 11) is -3.46. The molecule has 2 fully saturated rings. The highest BCUT2D eigenvalue weighted by atomic mass is 32.3. The summed E-state index contributed by atoms with van der Waals surface area (Å²) < 4.78 is 46.6. The summed E-state index contributed by atoms with van der Waals surface area (Å²) in [4.78, 5) is 59.0. The van der Waals surface area contributed by atoms with Crippen LogP contribution in [0.5, 0.6) is 5.75 Å². The highest BCUT2D eigenvalue weighted by Crippen LogP contribution is 2.33. The number of carbonyl (C=O) groups excluding carboxylic acids is 3. The molecule has 2 aliphatic heterocycles. The number of aliphatic carboxylic acids is 1. The number of β-lactam (4-membered cyclic amide) rings is 1. The van der Waals surface area contributed by atoms with Crippen LogP contribution in [0.4, 0.5) is 5.13 Å². The zero-order valence-corrected chi connectivity index (χ0v) is 27.2. The van der Waals surface area contributed by atoms with Crippen molar-refractivity contribution in [3.05, 3.63) is 35.5 Å². The van der Waals surface area contributed by atoms with Gasteiger partial charge in [-0.3, -0.25) is 14.4 Å². The van der Waals surface area contributed by atoms with Crippen LogP contribution in [-0.4, -0.2) is 99.6 Å². The minimum Gasteiger partial charge on any atom is -0.724 e. The van der Waals surface area contributed by atoms with E-state index in [1.54, 1.807) is 18.2 Å². The molecule has 0 aliphatic carbocycles. The first-order valence-electron chi connectivity index (χ1n) is 14.0. The Morgan fingerprint density at radius 1 is 1.33 bits per heavy atom. The molecule has 2 atom stereocenters. The van der Waals surface area contributed by atoms with E-state index < -0.39 is 69.5 Å². The van der Waals surface area contributed by atoms with Crippen molar-refractivity contribution in [2.24, 2.45) is 23.4 Å². The maximum absolute atomic E-state index is 13.2. The molecule has 1 aromatic carbocycles. The number of rotatable bonds is 14. The normalized spacial score (nSPS) is 19.2. The second-order valence-electron chi connectivity index (χ2n) is 11.6. The summed E-state index contributed by atoms with van der Waals surface area (Å²) in [6.07, 6.45) is 0.0826. The molecule has 48 heavy (non-hydrogen) atoms. The lowest BCUT2D eigenvalue weighted by Crippen LogP contribution is -2.76. The Bertz CT molecular complexity index is 1940. The predicted molar refractivity (Wildman–Crippen MR) is 162 cm³/mol. The number of hydroxylamine groups is 2. The first-order valence-corrected chi connectivity index (χ1v) is 16.2. The number of fused-ring (bicyclic) bond motifs is 1. The molecule has 258 valence electrons. The fourth-order valence-electron chi connectivity index (χ4n) is 5.11. The first kappa shape index (κ1) is 34.4. The van der Waals surface area contributed by atoms with Crippen LogP contribution >= 0.6 is 11.3 Å². The number of nitrogen functional groups attached to an aromatic ring is 1. The number of carboxylic acid groups (broad SMARTS) is 1. The highest BCUT2D eigenvalue weighted by Gasteiger charge is 2.57. The fraction of sp³-hybridized carbons (Fsp3) is 0.423. The number of carbonyl (C=O) groups is 4. The number of hydrogen-bond acceptors (Lipinski definition) is 15. The van der Waals surface area contributed by atoms with Crippen molar-refractivity contribution in [1.82, 2.24) is 25.4 Å². The zero-order chi connectivity index (χ0) is 35.2. The number of thiazole rings is 1. The largest absolute Gasteiger partial charge is 0.724 e. The van der Waals surface area contributed by atoms with Gasteiger partial charge in [0.15, 0.2) is 17.9 Å². The Kier molecular flexibility index (Phi) is 9.05. The van der Waals surface area contributed by atoms with E-state index in [0.29, 0.717) is 24.7 Å². The van der Waals surface area contributed by atoms with Crippen LogP contribution in [0, 0.1) is 5.41 Å². The second-order valence-corrected chi connectivity index (χ2v) is 13.5. The molecule has 2 aliphatic rings. The molecule has 0 radical (unpaired) electrons. The van der Waals surface area contributed by atoms with Crippen molar-refractivity contribution in [3.63, 3.8) is 0 Å². The minimum atomic E-state index is -5.28. The van der Waals surface area contributed by atoms with Gasteiger partial charge < -0.3 is 41.3 Å². The molecule has 0 bridgehead atoms. The Morgan fingerprint density at radius 2 is 2.04 bits per heavy atom. The summed E-state index contributed by atoms with van der Waals surface area (Å²) in [5, 5.41) is 21.3. The average Bonchev–Trinajstić information content (AvgIpc) is 3.54. The van der Waals surface area contributed by atoms with E-state index in [4.69, 9.17) is 21.0 Å². The van der Waals surface area contributed by atoms with Gasteiger partial charge in [0.05, 0.1) is 29.1 Å². The van der Waals surface area contributed by atoms with Crippen LogP contribution in [0.3, 0.4) is 0 Å². The number of nitrogens with one attached hydrogen (secondary N) is 2. The average molecular weight is 710 g/mol. The number of ether oxygens (including phenoxy) is 1. The Labute approximate surface area is 276 Å². The van der Waals surface area contributed by atoms with Crippen LogP contribution < -0.4 is 31.5 Å². The third-order valence-electron chi connectivity index (χ3n) is 7.98. The number of aromatic nitrogens is 3. The van der Waals surface area contributed by atoms with Gasteiger partial charge in [-0.2, -0.15) is 14.0 Å². The number of carboxylic acids is 1. The van der Waals surface area contributed by atoms with E-state index in [1.807, 2.05) is 22.6 Å². The van der Waals surface area contributed by atoms with Gasteiger partial charge >= 0.3 is 5.97 Å². The minimum absolute atomic E-state index is 0.0377. The number of aryl methyl sites for hydroxylation is 1. The van der Waals surface area contributed by atoms with E-state index in [0.717, 1.165) is 22.2 Å². The maximum Gasteiger partial charge on any atom is 0.351 e. The molecule has 3 amide bonds. The Balaban J connectivity index is 1.30. The lowest BCUT2D eigenvalue weighted by Gasteiger charge is -2.51. The third-order valence-corrected chi connectivity index (χ3v) is 8.99. The van der Waals surface area contributed by atoms with E-state index in [1.165, 1.54) is 19.2 Å². The van der Waals surface area contributed by atoms with Crippen molar-refractivity contribution in [3.8, 4) is 5.75 Å². The zero-order valence-electron chi connectivity index (χ0n) is 25.6. The number of amides is 3. The van der Waals surface area contributed by atoms with Gasteiger partial charge in [0, 0.05) is 24.5 Å². The molecule has 3 aromatic rings. The van der Waals surface area contributed by atoms with Crippen molar-refractivity contribution < 1.29 is 55.8 Å². The van der Waals surface area contributed by atoms with Crippen molar-refractivity contribution in [2.45, 2.75) is 38.1 Å². The molecule has 4 heterocycles. The second kappa shape index (κ2) is 12.6. The lowest BCUT2D eigenvalue weighted by atomic mass is 9.81. The van der Waals surface area contributed by atoms with E-state index in [9.17, 15) is 37.3 Å². The van der Waals surface area contributed by atoms with Gasteiger partial charge in [0.25, 0.3) is 17.9 Å². The van der Waals surface area contributed by atoms with Crippen LogP contribution in [0.15, 0.2) is 34.9 Å². The molecule has 2 saturated heterocycles. The van der Waals surface area contributed by atoms with Crippen LogP contribution in [0.2, 0.25) is 0 Å². The topological polar surface area (TPSA) is 287 Å². The molecule has 0 saturated carbocycles. The number of primary amides is 1. The summed E-state index contributed by atoms with van der Waals surface area (Å²) in [5.74, 6) is -3.70. The summed E-state index contributed by atoms with van der Waals surface area (Å²) in [6, 6.07) is 3.67. The molecule has 22 heteroatoms. The Morgan fingerprint density at radius 3 is 2.58 bits per heavy atom. The highest BCUT2D eigenvalue weighted by molar-refractivity contribution is 7.80. The molecule has 5 rings (SSSR count). The molecular formula is C26H31N9O11S2. The summed E-state index contributed by atoms with van der Waals surface area (Å²) in [5.41, 5.74) is 9.28. The van der Waals surface area contributed by atoms with Gasteiger partial charge in [-0.1, -0.05) is 5.16 Å². The summed E-state index contributed by atoms with van der Waals surface area (Å²) in [6.45, 7) is 3.38. The fourth-order valence-corrected chi connectivity index (χ4v) is 6.11. The summed E-state index contributed by atoms with van der Waals surface area (Å²) >= 11 is 0.939. The third kappa shape index (κ3) is 6.73. The molecule has 2 aromatic heterocycles. The number of hydrogen-bond donors (Lipinski definition) is 5. The van der Waals surface area contributed by atoms with Gasteiger partial charge in [0.2, 0.25) is 21.8 Å². The standard InChI is InChI=1S/C26H31N9O11S2/c1-25(2)19(21(37)35(25)46-48(41,42)43)31-20(36)18(15-9-47-24(28)30-15)32-45-17(22(38)39)8-44-14-4-5-16-13(6-14)7-34(33(16)3)12-26(23(27)40)10-29-11-26/h4-7,9,17,19,29H,8,10-12H2,1-3H3,(H6-,27,28,30,31,36,38,39,40,41,42,43)/b32-18-/t17-,19+/m0/s1. The van der Waals surface area contributed by atoms with Crippen LogP contribution in [-0.2, 0) is 52.3 Å². The van der Waals surface area contributed by atoms with Gasteiger partial charge in [-0.15, -0.1) is 16.0 Å². The molecule has 7 N–H and O–H groups in total. The predicted octanol–water partition coefficient (Wildman–Crippen LogP) is -2.67. The van der Waals surface area contributed by atoms with Gasteiger partial charge in [0.1, 0.15) is 24.1 Å². The van der Waals surface area contributed by atoms with Gasteiger partial charge in [-0.25, -0.2) is 18.2 Å². The molecule has 0 spiro atoms. The van der Waals surface area contributed by atoms with Crippen molar-refractivity contribution in [2.75, 3.05) is 25.4 Å².